The van der Waals surface area contributed by atoms with Crippen LogP contribution in [0.1, 0.15) is 27.2 Å². The van der Waals surface area contributed by atoms with Crippen LogP contribution in [0.4, 0.5) is 0 Å². The highest BCUT2D eigenvalue weighted by atomic mass is 16.6. The molecule has 0 N–H and O–H groups in total. The van der Waals surface area contributed by atoms with Crippen molar-refractivity contribution in [1.82, 2.24) is 4.90 Å². The summed E-state index contributed by atoms with van der Waals surface area (Å²) in [5.41, 5.74) is 0.432. The van der Waals surface area contributed by atoms with Gasteiger partial charge in [0.2, 0.25) is 0 Å². The molecule has 1 fully saturated rings. The maximum Gasteiger partial charge on any atom is 0.332 e. The summed E-state index contributed by atoms with van der Waals surface area (Å²) in [4.78, 5) is 13.4. The summed E-state index contributed by atoms with van der Waals surface area (Å²) in [5, 5.41) is 0. The average Bonchev–Trinajstić information content (AvgIpc) is 2.54. The Labute approximate surface area is 97.9 Å². The van der Waals surface area contributed by atoms with Gasteiger partial charge in [0.25, 0.3) is 0 Å². The highest BCUT2D eigenvalue weighted by Crippen LogP contribution is 2.28. The first-order valence-electron chi connectivity index (χ1n) is 5.99. The molecule has 94 valence electrons. The van der Waals surface area contributed by atoms with Crippen LogP contribution in [0.3, 0.4) is 0 Å². The van der Waals surface area contributed by atoms with Gasteiger partial charge in [0.1, 0.15) is 6.61 Å². The van der Waals surface area contributed by atoms with Gasteiger partial charge in [-0.25, -0.2) is 4.79 Å². The van der Waals surface area contributed by atoms with Gasteiger partial charge < -0.3 is 14.4 Å². The van der Waals surface area contributed by atoms with E-state index in [9.17, 15) is 4.79 Å². The van der Waals surface area contributed by atoms with Crippen LogP contribution >= 0.6 is 0 Å². The van der Waals surface area contributed by atoms with Gasteiger partial charge in [-0.05, 0) is 25.3 Å². The summed E-state index contributed by atoms with van der Waals surface area (Å²) in [6.07, 6.45) is 1.24. The zero-order chi connectivity index (χ0) is 12.0. The van der Waals surface area contributed by atoms with Gasteiger partial charge in [0, 0.05) is 13.1 Å². The fourth-order valence-corrected chi connectivity index (χ4v) is 1.97. The van der Waals surface area contributed by atoms with Crippen molar-refractivity contribution in [3.05, 3.63) is 0 Å². The Balaban J connectivity index is 2.02. The van der Waals surface area contributed by atoms with E-state index in [2.05, 4.69) is 18.7 Å². The van der Waals surface area contributed by atoms with Crippen molar-refractivity contribution in [2.24, 2.45) is 5.41 Å². The fourth-order valence-electron chi connectivity index (χ4n) is 1.97. The Morgan fingerprint density at radius 3 is 2.75 bits per heavy atom. The van der Waals surface area contributed by atoms with Crippen LogP contribution in [0.25, 0.3) is 0 Å². The molecule has 4 nitrogen and oxygen atoms in total. The summed E-state index contributed by atoms with van der Waals surface area (Å²) >= 11 is 0. The molecule has 1 heterocycles. The smallest absolute Gasteiger partial charge is 0.332 e. The second-order valence-corrected chi connectivity index (χ2v) is 5.05. The van der Waals surface area contributed by atoms with E-state index in [4.69, 9.17) is 9.47 Å². The zero-order valence-electron chi connectivity index (χ0n) is 10.6. The van der Waals surface area contributed by atoms with Crippen molar-refractivity contribution < 1.29 is 14.3 Å². The van der Waals surface area contributed by atoms with Crippen LogP contribution in [0.15, 0.2) is 0 Å². The van der Waals surface area contributed by atoms with Gasteiger partial charge in [-0.2, -0.15) is 0 Å². The summed E-state index contributed by atoms with van der Waals surface area (Å²) in [6, 6.07) is 0. The van der Waals surface area contributed by atoms with Gasteiger partial charge in [0.05, 0.1) is 13.2 Å². The number of carbonyl (C=O) groups excluding carboxylic acids is 1. The number of carbonyl (C=O) groups is 1. The molecule has 0 aromatic carbocycles. The van der Waals surface area contributed by atoms with Crippen LogP contribution in [0.2, 0.25) is 0 Å². The number of hydrogen-bond donors (Lipinski definition) is 0. The van der Waals surface area contributed by atoms with Crippen LogP contribution < -0.4 is 0 Å². The highest BCUT2D eigenvalue weighted by molar-refractivity contribution is 5.70. The monoisotopic (exact) mass is 229 g/mol. The minimum atomic E-state index is -0.274. The number of hydrogen-bond acceptors (Lipinski definition) is 4. The summed E-state index contributed by atoms with van der Waals surface area (Å²) in [7, 11) is 0. The molecule has 0 bridgehead atoms. The summed E-state index contributed by atoms with van der Waals surface area (Å²) in [5.74, 6) is -0.274. The molecule has 0 spiro atoms. The van der Waals surface area contributed by atoms with Crippen LogP contribution in [-0.4, -0.2) is 50.3 Å². The lowest BCUT2D eigenvalue weighted by molar-refractivity contribution is -0.148. The van der Waals surface area contributed by atoms with E-state index in [1.165, 1.54) is 6.42 Å². The van der Waals surface area contributed by atoms with E-state index in [1.54, 1.807) is 6.92 Å². The molecule has 0 amide bonds. The van der Waals surface area contributed by atoms with Crippen molar-refractivity contribution in [2.75, 3.05) is 39.5 Å². The largest absolute Gasteiger partial charge is 0.464 e. The molecular weight excluding hydrogens is 206 g/mol. The molecule has 0 unspecified atom stereocenters. The first-order chi connectivity index (χ1) is 7.53. The van der Waals surface area contributed by atoms with Crippen LogP contribution in [0.5, 0.6) is 0 Å². The fraction of sp³-hybridized carbons (Fsp3) is 0.917. The SMILES string of the molecule is CCOC(=O)COCCN1CCC(C)(C)C1. The Morgan fingerprint density at radius 1 is 1.44 bits per heavy atom. The third-order valence-electron chi connectivity index (χ3n) is 2.83. The van der Waals surface area contributed by atoms with Gasteiger partial charge in [-0.1, -0.05) is 13.8 Å². The predicted octanol–water partition coefficient (Wildman–Crippen LogP) is 1.30. The Kier molecular flexibility index (Phi) is 5.22. The maximum atomic E-state index is 11.0. The van der Waals surface area contributed by atoms with Crippen molar-refractivity contribution in [2.45, 2.75) is 27.2 Å². The van der Waals surface area contributed by atoms with Crippen molar-refractivity contribution in [1.29, 1.82) is 0 Å². The predicted molar refractivity (Wildman–Crippen MR) is 62.3 cm³/mol. The molecule has 1 saturated heterocycles. The first kappa shape index (κ1) is 13.5. The highest BCUT2D eigenvalue weighted by Gasteiger charge is 2.28. The third kappa shape index (κ3) is 4.94. The number of ether oxygens (including phenoxy) is 2. The van der Waals surface area contributed by atoms with E-state index in [-0.39, 0.29) is 12.6 Å². The topological polar surface area (TPSA) is 38.8 Å². The van der Waals surface area contributed by atoms with Crippen LogP contribution in [0, 0.1) is 5.41 Å². The summed E-state index contributed by atoms with van der Waals surface area (Å²) in [6.45, 7) is 10.6. The second-order valence-electron chi connectivity index (χ2n) is 5.05. The van der Waals surface area contributed by atoms with E-state index in [1.807, 2.05) is 0 Å². The second kappa shape index (κ2) is 6.21. The Hall–Kier alpha value is -0.610. The van der Waals surface area contributed by atoms with E-state index < -0.39 is 0 Å². The quantitative estimate of drug-likeness (QED) is 0.508. The molecule has 16 heavy (non-hydrogen) atoms. The zero-order valence-corrected chi connectivity index (χ0v) is 10.6. The maximum absolute atomic E-state index is 11.0. The molecule has 0 aromatic rings. The summed E-state index contributed by atoms with van der Waals surface area (Å²) < 4.78 is 10.0. The van der Waals surface area contributed by atoms with E-state index >= 15 is 0 Å². The molecule has 0 atom stereocenters. The number of nitrogens with zero attached hydrogens (tertiary/aromatic N) is 1. The van der Waals surface area contributed by atoms with Crippen molar-refractivity contribution in [3.8, 4) is 0 Å². The van der Waals surface area contributed by atoms with Crippen molar-refractivity contribution in [3.63, 3.8) is 0 Å². The molecule has 0 aliphatic carbocycles. The van der Waals surface area contributed by atoms with E-state index in [0.717, 1.165) is 19.6 Å². The third-order valence-corrected chi connectivity index (χ3v) is 2.83. The Bertz CT molecular complexity index is 228. The molecule has 1 aliphatic heterocycles. The van der Waals surface area contributed by atoms with E-state index in [0.29, 0.717) is 18.6 Å². The number of rotatable bonds is 6. The van der Waals surface area contributed by atoms with Gasteiger partial charge >= 0.3 is 5.97 Å². The lowest BCUT2D eigenvalue weighted by Crippen LogP contribution is -2.28. The van der Waals surface area contributed by atoms with Gasteiger partial charge in [-0.3, -0.25) is 0 Å². The Morgan fingerprint density at radius 2 is 2.19 bits per heavy atom. The standard InChI is InChI=1S/C12H23NO3/c1-4-16-11(14)9-15-8-7-13-6-5-12(2,3)10-13/h4-10H2,1-3H3. The van der Waals surface area contributed by atoms with Crippen molar-refractivity contribution >= 4 is 5.97 Å². The molecule has 1 aliphatic rings. The molecular formula is C12H23NO3. The minimum Gasteiger partial charge on any atom is -0.464 e. The number of likely N-dealkylation sites (tertiary alicyclic amines) is 1. The first-order valence-corrected chi connectivity index (χ1v) is 5.99. The molecule has 0 aromatic heterocycles. The normalized spacial score (nSPS) is 19.9. The lowest BCUT2D eigenvalue weighted by atomic mass is 9.93. The molecule has 4 heteroatoms. The molecule has 0 saturated carbocycles. The minimum absolute atomic E-state index is 0.0745. The average molecular weight is 229 g/mol. The van der Waals surface area contributed by atoms with Gasteiger partial charge in [-0.15, -0.1) is 0 Å². The lowest BCUT2D eigenvalue weighted by Gasteiger charge is -2.19. The number of esters is 1. The van der Waals surface area contributed by atoms with Crippen LogP contribution in [-0.2, 0) is 14.3 Å². The van der Waals surface area contributed by atoms with Gasteiger partial charge in [0.15, 0.2) is 0 Å². The molecule has 1 rings (SSSR count). The molecule has 0 radical (unpaired) electrons.